The van der Waals surface area contributed by atoms with Crippen molar-refractivity contribution in [2.24, 2.45) is 7.05 Å². The van der Waals surface area contributed by atoms with E-state index in [0.717, 1.165) is 21.4 Å². The molecule has 2 N–H and O–H groups in total. The van der Waals surface area contributed by atoms with Crippen molar-refractivity contribution < 1.29 is 13.2 Å². The standard InChI is InChI=1S/C20H17N5O3S3/c1-25-13-21-23-20(25)30-17-9-7-15(8-10-17)22-19(26)14-4-2-5-16(12-14)24-31(27,28)18-6-3-11-29-18/h2-13,24H,1H3,(H,22,26). The van der Waals surface area contributed by atoms with Gasteiger partial charge in [0.1, 0.15) is 10.5 Å². The third kappa shape index (κ3) is 5.13. The predicted octanol–water partition coefficient (Wildman–Crippen LogP) is 4.08. The lowest BCUT2D eigenvalue weighted by atomic mass is 10.2. The highest BCUT2D eigenvalue weighted by Crippen LogP contribution is 2.26. The third-order valence-electron chi connectivity index (χ3n) is 4.13. The molecular weight excluding hydrogens is 454 g/mol. The Morgan fingerprint density at radius 2 is 1.87 bits per heavy atom. The first-order valence-electron chi connectivity index (χ1n) is 9.00. The van der Waals surface area contributed by atoms with E-state index >= 15 is 0 Å². The van der Waals surface area contributed by atoms with Gasteiger partial charge in [0.05, 0.1) is 0 Å². The summed E-state index contributed by atoms with van der Waals surface area (Å²) in [5, 5.41) is 13.1. The van der Waals surface area contributed by atoms with E-state index in [0.29, 0.717) is 16.9 Å². The smallest absolute Gasteiger partial charge is 0.271 e. The average Bonchev–Trinajstić information content (AvgIpc) is 3.42. The van der Waals surface area contributed by atoms with Crippen LogP contribution in [0.5, 0.6) is 0 Å². The molecule has 4 rings (SSSR count). The molecule has 4 aromatic rings. The molecule has 2 aromatic heterocycles. The molecule has 0 fully saturated rings. The van der Waals surface area contributed by atoms with Crippen molar-refractivity contribution in [3.63, 3.8) is 0 Å². The average molecular weight is 472 g/mol. The van der Waals surface area contributed by atoms with E-state index in [1.54, 1.807) is 48.1 Å². The van der Waals surface area contributed by atoms with Gasteiger partial charge < -0.3 is 9.88 Å². The lowest BCUT2D eigenvalue weighted by Crippen LogP contribution is -2.14. The molecule has 0 saturated carbocycles. The zero-order valence-corrected chi connectivity index (χ0v) is 18.7. The van der Waals surface area contributed by atoms with Crippen molar-refractivity contribution in [3.8, 4) is 0 Å². The number of benzene rings is 2. The molecule has 2 heterocycles. The van der Waals surface area contributed by atoms with Gasteiger partial charge in [-0.3, -0.25) is 9.52 Å². The summed E-state index contributed by atoms with van der Waals surface area (Å²) < 4.78 is 29.3. The minimum atomic E-state index is -3.68. The molecule has 0 radical (unpaired) electrons. The van der Waals surface area contributed by atoms with Crippen LogP contribution in [0.25, 0.3) is 0 Å². The number of nitrogens with zero attached hydrogens (tertiary/aromatic N) is 3. The van der Waals surface area contributed by atoms with Crippen molar-refractivity contribution >= 4 is 50.4 Å². The molecule has 31 heavy (non-hydrogen) atoms. The highest BCUT2D eigenvalue weighted by Gasteiger charge is 2.16. The summed E-state index contributed by atoms with van der Waals surface area (Å²) >= 11 is 2.59. The van der Waals surface area contributed by atoms with Gasteiger partial charge in [-0.05, 0) is 65.7 Å². The largest absolute Gasteiger partial charge is 0.322 e. The molecule has 2 aromatic carbocycles. The number of hydrogen-bond donors (Lipinski definition) is 2. The van der Waals surface area contributed by atoms with Crippen LogP contribution >= 0.6 is 23.1 Å². The summed E-state index contributed by atoms with van der Waals surface area (Å²) in [5.41, 5.74) is 1.28. The van der Waals surface area contributed by atoms with Crippen LogP contribution in [0, 0.1) is 0 Å². The molecule has 8 nitrogen and oxygen atoms in total. The van der Waals surface area contributed by atoms with E-state index in [4.69, 9.17) is 0 Å². The molecule has 158 valence electrons. The quantitative estimate of drug-likeness (QED) is 0.421. The van der Waals surface area contributed by atoms with Crippen LogP contribution in [0.3, 0.4) is 0 Å². The lowest BCUT2D eigenvalue weighted by molar-refractivity contribution is 0.102. The minimum Gasteiger partial charge on any atom is -0.322 e. The first-order chi connectivity index (χ1) is 14.9. The molecule has 0 aliphatic heterocycles. The van der Waals surface area contributed by atoms with E-state index < -0.39 is 10.0 Å². The molecule has 0 saturated heterocycles. The van der Waals surface area contributed by atoms with Crippen LogP contribution in [0.1, 0.15) is 10.4 Å². The van der Waals surface area contributed by atoms with Gasteiger partial charge >= 0.3 is 0 Å². The zero-order valence-electron chi connectivity index (χ0n) is 16.2. The summed E-state index contributed by atoms with van der Waals surface area (Å²) in [6, 6.07) is 16.9. The number of aromatic nitrogens is 3. The second-order valence-corrected chi connectivity index (χ2v) is 10.3. The normalized spacial score (nSPS) is 11.3. The Morgan fingerprint density at radius 1 is 1.06 bits per heavy atom. The first-order valence-corrected chi connectivity index (χ1v) is 12.2. The topological polar surface area (TPSA) is 106 Å². The number of thiophene rings is 1. The van der Waals surface area contributed by atoms with E-state index in [1.807, 2.05) is 23.7 Å². The fourth-order valence-corrected chi connectivity index (χ4v) is 5.43. The Bertz CT molecular complexity index is 1300. The van der Waals surface area contributed by atoms with E-state index in [1.165, 1.54) is 23.9 Å². The van der Waals surface area contributed by atoms with E-state index in [-0.39, 0.29) is 10.1 Å². The maximum absolute atomic E-state index is 12.6. The third-order valence-corrected chi connectivity index (χ3v) is 7.97. The SMILES string of the molecule is Cn1cnnc1Sc1ccc(NC(=O)c2cccc(NS(=O)(=O)c3cccs3)c2)cc1. The van der Waals surface area contributed by atoms with Gasteiger partial charge in [-0.15, -0.1) is 21.5 Å². The van der Waals surface area contributed by atoms with Crippen molar-refractivity contribution in [2.75, 3.05) is 10.0 Å². The molecule has 11 heteroatoms. The number of carbonyl (C=O) groups excluding carboxylic acids is 1. The van der Waals surface area contributed by atoms with Crippen LogP contribution in [0.15, 0.2) is 86.6 Å². The van der Waals surface area contributed by atoms with Gasteiger partial charge in [-0.1, -0.05) is 12.1 Å². The van der Waals surface area contributed by atoms with Crippen molar-refractivity contribution in [1.29, 1.82) is 0 Å². The highest BCUT2D eigenvalue weighted by atomic mass is 32.2. The summed E-state index contributed by atoms with van der Waals surface area (Å²) in [7, 11) is -1.81. The molecule has 1 amide bonds. The zero-order chi connectivity index (χ0) is 21.8. The second-order valence-electron chi connectivity index (χ2n) is 6.42. The van der Waals surface area contributed by atoms with Gasteiger partial charge in [0, 0.05) is 28.9 Å². The number of anilines is 2. The Balaban J connectivity index is 1.43. The number of carbonyl (C=O) groups is 1. The van der Waals surface area contributed by atoms with Crippen LogP contribution < -0.4 is 10.0 Å². The van der Waals surface area contributed by atoms with E-state index in [2.05, 4.69) is 20.2 Å². The van der Waals surface area contributed by atoms with Gasteiger partial charge in [0.2, 0.25) is 0 Å². The number of hydrogen-bond acceptors (Lipinski definition) is 7. The fraction of sp³-hybridized carbons (Fsp3) is 0.0500. The molecule has 0 spiro atoms. The monoisotopic (exact) mass is 471 g/mol. The predicted molar refractivity (Wildman–Crippen MR) is 121 cm³/mol. The Hall–Kier alpha value is -3.15. The minimum absolute atomic E-state index is 0.210. The summed E-state index contributed by atoms with van der Waals surface area (Å²) in [6.07, 6.45) is 1.63. The molecular formula is C20H17N5O3S3. The van der Waals surface area contributed by atoms with Crippen LogP contribution in [0.4, 0.5) is 11.4 Å². The highest BCUT2D eigenvalue weighted by molar-refractivity contribution is 7.99. The van der Waals surface area contributed by atoms with E-state index in [9.17, 15) is 13.2 Å². The van der Waals surface area contributed by atoms with Crippen molar-refractivity contribution in [2.45, 2.75) is 14.3 Å². The Kier molecular flexibility index (Phi) is 6.07. The summed E-state index contributed by atoms with van der Waals surface area (Å²) in [5.74, 6) is -0.342. The molecule has 0 atom stereocenters. The van der Waals surface area contributed by atoms with Gasteiger partial charge in [-0.25, -0.2) is 8.42 Å². The number of aryl methyl sites for hydroxylation is 1. The van der Waals surface area contributed by atoms with Crippen LogP contribution in [-0.2, 0) is 17.1 Å². The number of rotatable bonds is 7. The number of nitrogens with one attached hydrogen (secondary N) is 2. The van der Waals surface area contributed by atoms with Gasteiger partial charge in [0.25, 0.3) is 15.9 Å². The molecule has 0 bridgehead atoms. The maximum atomic E-state index is 12.6. The Morgan fingerprint density at radius 3 is 2.55 bits per heavy atom. The summed E-state index contributed by atoms with van der Waals surface area (Å²) in [4.78, 5) is 13.6. The first kappa shape index (κ1) is 21.1. The number of amides is 1. The maximum Gasteiger partial charge on any atom is 0.271 e. The van der Waals surface area contributed by atoms with Crippen LogP contribution in [-0.4, -0.2) is 29.1 Å². The lowest BCUT2D eigenvalue weighted by Gasteiger charge is -2.09. The fourth-order valence-electron chi connectivity index (χ4n) is 2.63. The number of sulfonamides is 1. The van der Waals surface area contributed by atoms with Gasteiger partial charge in [0.15, 0.2) is 5.16 Å². The Labute approximate surface area is 187 Å². The van der Waals surface area contributed by atoms with Crippen molar-refractivity contribution in [1.82, 2.24) is 14.8 Å². The molecule has 0 aliphatic carbocycles. The van der Waals surface area contributed by atoms with Crippen molar-refractivity contribution in [3.05, 3.63) is 77.9 Å². The molecule has 0 aliphatic rings. The van der Waals surface area contributed by atoms with Crippen LogP contribution in [0.2, 0.25) is 0 Å². The van der Waals surface area contributed by atoms with Gasteiger partial charge in [-0.2, -0.15) is 0 Å². The molecule has 0 unspecified atom stereocenters. The second kappa shape index (κ2) is 8.92. The summed E-state index contributed by atoms with van der Waals surface area (Å²) in [6.45, 7) is 0.